The van der Waals surface area contributed by atoms with Gasteiger partial charge in [-0.2, -0.15) is 5.10 Å². The summed E-state index contributed by atoms with van der Waals surface area (Å²) in [4.78, 5) is 20.2. The van der Waals surface area contributed by atoms with Gasteiger partial charge in [-0.15, -0.1) is 0 Å². The molecule has 0 saturated carbocycles. The lowest BCUT2D eigenvalue weighted by molar-refractivity contribution is -0.138. The Morgan fingerprint density at radius 1 is 1.11 bits per heavy atom. The summed E-state index contributed by atoms with van der Waals surface area (Å²) in [6.45, 7) is 2.71. The largest absolute Gasteiger partial charge is 0.492 e. The van der Waals surface area contributed by atoms with Crippen molar-refractivity contribution in [3.63, 3.8) is 0 Å². The van der Waals surface area contributed by atoms with E-state index in [-0.39, 0.29) is 32.2 Å². The van der Waals surface area contributed by atoms with Crippen LogP contribution in [-0.2, 0) is 22.6 Å². The van der Waals surface area contributed by atoms with E-state index in [9.17, 15) is 14.3 Å². The van der Waals surface area contributed by atoms with Crippen molar-refractivity contribution < 1.29 is 28.5 Å². The van der Waals surface area contributed by atoms with Crippen LogP contribution in [0, 0.1) is 5.82 Å². The molecular weight excluding hydrogens is 481 g/mol. The molecule has 0 spiro atoms. The molecule has 1 aliphatic rings. The molecule has 1 amide bonds. The second-order valence-electron chi connectivity index (χ2n) is 9.08. The fourth-order valence-electron chi connectivity index (χ4n) is 4.27. The number of rotatable bonds is 11. The number of hydrogen-bond acceptors (Lipinski definition) is 8. The van der Waals surface area contributed by atoms with Crippen LogP contribution >= 0.6 is 0 Å². The van der Waals surface area contributed by atoms with Gasteiger partial charge in [-0.05, 0) is 29.8 Å². The molecule has 1 saturated heterocycles. The Kier molecular flexibility index (Phi) is 9.04. The highest BCUT2D eigenvalue weighted by Crippen LogP contribution is 2.22. The van der Waals surface area contributed by atoms with E-state index in [0.717, 1.165) is 11.3 Å². The van der Waals surface area contributed by atoms with Gasteiger partial charge < -0.3 is 24.2 Å². The summed E-state index contributed by atoms with van der Waals surface area (Å²) in [6, 6.07) is 13.5. The van der Waals surface area contributed by atoms with E-state index in [4.69, 9.17) is 14.2 Å². The molecule has 3 aromatic rings. The van der Waals surface area contributed by atoms with Crippen molar-refractivity contribution in [1.29, 1.82) is 0 Å². The van der Waals surface area contributed by atoms with Gasteiger partial charge in [-0.3, -0.25) is 9.69 Å². The molecule has 1 fully saturated rings. The van der Waals surface area contributed by atoms with Gasteiger partial charge in [0, 0.05) is 39.4 Å². The van der Waals surface area contributed by atoms with Crippen molar-refractivity contribution in [3.8, 4) is 11.5 Å². The SMILES string of the molecule is COCC(=O)N1CCN(Cc2cccc(OCCn3cncn3)c2)CC(O)(COc2cccc(F)c2)C1. The number of benzene rings is 2. The Morgan fingerprint density at radius 3 is 2.68 bits per heavy atom. The summed E-state index contributed by atoms with van der Waals surface area (Å²) >= 11 is 0. The highest BCUT2D eigenvalue weighted by molar-refractivity contribution is 5.77. The third-order valence-corrected chi connectivity index (χ3v) is 5.97. The Bertz CT molecular complexity index is 1150. The van der Waals surface area contributed by atoms with E-state index in [1.54, 1.807) is 28.0 Å². The van der Waals surface area contributed by atoms with E-state index in [1.165, 1.54) is 25.6 Å². The van der Waals surface area contributed by atoms with Crippen LogP contribution in [-0.4, -0.2) is 94.3 Å². The van der Waals surface area contributed by atoms with E-state index in [2.05, 4.69) is 15.0 Å². The van der Waals surface area contributed by atoms with Crippen molar-refractivity contribution in [1.82, 2.24) is 24.6 Å². The quantitative estimate of drug-likeness (QED) is 0.413. The van der Waals surface area contributed by atoms with E-state index >= 15 is 0 Å². The first kappa shape index (κ1) is 26.5. The van der Waals surface area contributed by atoms with E-state index in [0.29, 0.717) is 38.5 Å². The molecule has 4 rings (SSSR count). The van der Waals surface area contributed by atoms with Crippen LogP contribution in [0.4, 0.5) is 4.39 Å². The molecule has 1 unspecified atom stereocenters. The first-order valence-electron chi connectivity index (χ1n) is 12.1. The number of aromatic nitrogens is 3. The first-order valence-corrected chi connectivity index (χ1v) is 12.1. The Labute approximate surface area is 215 Å². The van der Waals surface area contributed by atoms with Crippen LogP contribution in [0.5, 0.6) is 11.5 Å². The zero-order valence-electron chi connectivity index (χ0n) is 20.8. The number of hydrogen-bond donors (Lipinski definition) is 1. The average molecular weight is 514 g/mol. The van der Waals surface area contributed by atoms with Crippen molar-refractivity contribution >= 4 is 5.91 Å². The molecule has 1 atom stereocenters. The zero-order chi connectivity index (χ0) is 26.1. The minimum atomic E-state index is -1.38. The van der Waals surface area contributed by atoms with Gasteiger partial charge in [0.15, 0.2) is 0 Å². The fraction of sp³-hybridized carbons (Fsp3) is 0.423. The summed E-state index contributed by atoms with van der Waals surface area (Å²) in [7, 11) is 1.46. The molecule has 2 aromatic carbocycles. The molecule has 1 N–H and O–H groups in total. The summed E-state index contributed by atoms with van der Waals surface area (Å²) in [5.74, 6) is 0.410. The lowest BCUT2D eigenvalue weighted by Crippen LogP contribution is -2.52. The van der Waals surface area contributed by atoms with Gasteiger partial charge in [0.1, 0.15) is 55.4 Å². The van der Waals surface area contributed by atoms with E-state index in [1.807, 2.05) is 24.3 Å². The lowest BCUT2D eigenvalue weighted by Gasteiger charge is -2.33. The second kappa shape index (κ2) is 12.6. The number of methoxy groups -OCH3 is 1. The van der Waals surface area contributed by atoms with Crippen molar-refractivity contribution in [2.75, 3.05) is 53.1 Å². The van der Waals surface area contributed by atoms with Crippen LogP contribution in [0.1, 0.15) is 5.56 Å². The maximum Gasteiger partial charge on any atom is 0.248 e. The number of β-amino-alcohol motifs (C(OH)–C–C–N with tert-alkyl or cyclic N) is 1. The number of amides is 1. The smallest absolute Gasteiger partial charge is 0.248 e. The summed E-state index contributed by atoms with van der Waals surface area (Å²) in [6.07, 6.45) is 3.12. The van der Waals surface area contributed by atoms with Gasteiger partial charge in [-0.25, -0.2) is 14.1 Å². The Hall–Kier alpha value is -3.54. The standard InChI is InChI=1S/C26H32FN5O5/c1-35-15-25(33)31-9-8-30(16-26(34,17-31)18-37-24-7-3-5-22(27)13-24)14-21-4-2-6-23(12-21)36-11-10-32-20-28-19-29-32/h2-7,12-13,19-20,34H,8-11,14-18H2,1H3. The molecule has 0 aliphatic carbocycles. The lowest BCUT2D eigenvalue weighted by atomic mass is 10.0. The van der Waals surface area contributed by atoms with Gasteiger partial charge in [0.05, 0.1) is 13.1 Å². The maximum absolute atomic E-state index is 13.6. The molecule has 0 radical (unpaired) electrons. The Morgan fingerprint density at radius 2 is 1.92 bits per heavy atom. The minimum absolute atomic E-state index is 0.0746. The van der Waals surface area contributed by atoms with Crippen molar-refractivity contribution in [3.05, 3.63) is 72.6 Å². The van der Waals surface area contributed by atoms with Gasteiger partial charge >= 0.3 is 0 Å². The van der Waals surface area contributed by atoms with Crippen LogP contribution in [0.15, 0.2) is 61.2 Å². The predicted octanol–water partition coefficient (Wildman–Crippen LogP) is 1.60. The molecule has 10 nitrogen and oxygen atoms in total. The third-order valence-electron chi connectivity index (χ3n) is 5.97. The molecule has 1 aliphatic heterocycles. The Balaban J connectivity index is 1.42. The van der Waals surface area contributed by atoms with Crippen molar-refractivity contribution in [2.24, 2.45) is 0 Å². The second-order valence-corrected chi connectivity index (χ2v) is 9.08. The molecule has 37 heavy (non-hydrogen) atoms. The van der Waals surface area contributed by atoms with Crippen LogP contribution in [0.25, 0.3) is 0 Å². The molecule has 2 heterocycles. The molecule has 11 heteroatoms. The van der Waals surface area contributed by atoms with Gasteiger partial charge in [0.2, 0.25) is 5.91 Å². The summed E-state index contributed by atoms with van der Waals surface area (Å²) < 4.78 is 31.9. The topological polar surface area (TPSA) is 102 Å². The number of ether oxygens (including phenoxy) is 3. The normalized spacial score (nSPS) is 18.4. The van der Waals surface area contributed by atoms with Gasteiger partial charge in [0.25, 0.3) is 0 Å². The highest BCUT2D eigenvalue weighted by Gasteiger charge is 2.37. The summed E-state index contributed by atoms with van der Waals surface area (Å²) in [5.41, 5.74) is -0.374. The van der Waals surface area contributed by atoms with Crippen molar-refractivity contribution in [2.45, 2.75) is 18.7 Å². The maximum atomic E-state index is 13.6. The first-order chi connectivity index (χ1) is 17.9. The fourth-order valence-corrected chi connectivity index (χ4v) is 4.27. The number of carbonyl (C=O) groups is 1. The van der Waals surface area contributed by atoms with E-state index < -0.39 is 11.4 Å². The molecule has 1 aromatic heterocycles. The molecular formula is C26H32FN5O5. The minimum Gasteiger partial charge on any atom is -0.492 e. The van der Waals surface area contributed by atoms with Crippen LogP contribution in [0.2, 0.25) is 0 Å². The van der Waals surface area contributed by atoms with Crippen LogP contribution in [0.3, 0.4) is 0 Å². The number of nitrogens with zero attached hydrogens (tertiary/aromatic N) is 5. The summed E-state index contributed by atoms with van der Waals surface area (Å²) in [5, 5.41) is 15.6. The monoisotopic (exact) mass is 513 g/mol. The number of carbonyl (C=O) groups excluding carboxylic acids is 1. The zero-order valence-corrected chi connectivity index (χ0v) is 20.8. The third kappa shape index (κ3) is 7.97. The highest BCUT2D eigenvalue weighted by atomic mass is 19.1. The molecule has 0 bridgehead atoms. The number of aliphatic hydroxyl groups is 1. The molecule has 198 valence electrons. The van der Waals surface area contributed by atoms with Crippen LogP contribution < -0.4 is 9.47 Å². The van der Waals surface area contributed by atoms with Gasteiger partial charge in [-0.1, -0.05) is 18.2 Å². The predicted molar refractivity (Wildman–Crippen MR) is 133 cm³/mol. The number of halogens is 1. The average Bonchev–Trinajstić information content (AvgIpc) is 3.33.